The van der Waals surface area contributed by atoms with Crippen LogP contribution in [-0.4, -0.2) is 34.8 Å². The number of hydrogen-bond donors (Lipinski definition) is 0. The van der Waals surface area contributed by atoms with Crippen molar-refractivity contribution in [2.45, 2.75) is 12.8 Å². The van der Waals surface area contributed by atoms with Crippen molar-refractivity contribution in [2.24, 2.45) is 5.92 Å². The molecule has 3 rings (SSSR count). The lowest BCUT2D eigenvalue weighted by atomic mass is 9.97. The molecular formula is C20H20N2O3. The molecule has 1 fully saturated rings. The summed E-state index contributed by atoms with van der Waals surface area (Å²) in [7, 11) is 0. The van der Waals surface area contributed by atoms with Crippen LogP contribution in [-0.2, 0) is 9.59 Å². The van der Waals surface area contributed by atoms with Gasteiger partial charge in [-0.1, -0.05) is 24.3 Å². The minimum atomic E-state index is -0.218. The molecule has 25 heavy (non-hydrogen) atoms. The van der Waals surface area contributed by atoms with Gasteiger partial charge in [-0.15, -0.1) is 0 Å². The van der Waals surface area contributed by atoms with E-state index in [4.69, 9.17) is 4.74 Å². The Bertz CT molecular complexity index is 736. The Kier molecular flexibility index (Phi) is 5.57. The van der Waals surface area contributed by atoms with E-state index >= 15 is 0 Å². The maximum absolute atomic E-state index is 12.2. The smallest absolute Gasteiger partial charge is 0.314 e. The second-order valence-electron chi connectivity index (χ2n) is 5.95. The Morgan fingerprint density at radius 3 is 2.52 bits per heavy atom. The fourth-order valence-corrected chi connectivity index (χ4v) is 2.77. The van der Waals surface area contributed by atoms with Crippen LogP contribution < -0.4 is 4.74 Å². The van der Waals surface area contributed by atoms with Gasteiger partial charge in [-0.3, -0.25) is 14.6 Å². The molecule has 0 atom stereocenters. The Hall–Kier alpha value is -2.95. The molecule has 0 N–H and O–H groups in total. The highest BCUT2D eigenvalue weighted by Gasteiger charge is 2.27. The van der Waals surface area contributed by atoms with E-state index in [1.54, 1.807) is 41.6 Å². The largest absolute Gasteiger partial charge is 0.426 e. The lowest BCUT2D eigenvalue weighted by Crippen LogP contribution is -2.40. The van der Waals surface area contributed by atoms with Crippen LogP contribution in [0.2, 0.25) is 0 Å². The molecule has 1 aliphatic heterocycles. The average Bonchev–Trinajstić information content (AvgIpc) is 2.68. The standard InChI is InChI=1S/C20H20N2O3/c23-19(9-8-16-5-4-12-21-15-16)22-13-10-17(11-14-22)20(24)25-18-6-2-1-3-7-18/h1-9,12,15,17H,10-11,13-14H2. The number of piperidine rings is 1. The summed E-state index contributed by atoms with van der Waals surface area (Å²) >= 11 is 0. The number of esters is 1. The van der Waals surface area contributed by atoms with E-state index in [0.717, 1.165) is 5.56 Å². The molecule has 0 spiro atoms. The SMILES string of the molecule is O=C(Oc1ccccc1)C1CCN(C(=O)C=Cc2cccnc2)CC1. The minimum Gasteiger partial charge on any atom is -0.426 e. The number of carbonyl (C=O) groups excluding carboxylic acids is 2. The first kappa shape index (κ1) is 16.9. The molecule has 0 bridgehead atoms. The molecule has 1 aliphatic rings. The zero-order valence-electron chi connectivity index (χ0n) is 13.9. The highest BCUT2D eigenvalue weighted by Crippen LogP contribution is 2.21. The van der Waals surface area contributed by atoms with Gasteiger partial charge in [0.25, 0.3) is 0 Å². The van der Waals surface area contributed by atoms with Gasteiger partial charge < -0.3 is 9.64 Å². The van der Waals surface area contributed by atoms with Gasteiger partial charge in [-0.2, -0.15) is 0 Å². The molecule has 1 aromatic carbocycles. The normalized spacial score (nSPS) is 15.3. The molecule has 0 saturated carbocycles. The van der Waals surface area contributed by atoms with E-state index in [1.807, 2.05) is 30.3 Å². The van der Waals surface area contributed by atoms with Crippen LogP contribution in [0.4, 0.5) is 0 Å². The second kappa shape index (κ2) is 8.24. The quantitative estimate of drug-likeness (QED) is 0.489. The molecule has 0 radical (unpaired) electrons. The summed E-state index contributed by atoms with van der Waals surface area (Å²) < 4.78 is 5.39. The van der Waals surface area contributed by atoms with Gasteiger partial charge in [0.05, 0.1) is 5.92 Å². The van der Waals surface area contributed by atoms with Crippen LogP contribution >= 0.6 is 0 Å². The number of pyridine rings is 1. The first-order chi connectivity index (χ1) is 12.2. The molecular weight excluding hydrogens is 316 g/mol. The number of nitrogens with zero attached hydrogens (tertiary/aromatic N) is 2. The number of ether oxygens (including phenoxy) is 1. The highest BCUT2D eigenvalue weighted by molar-refractivity contribution is 5.92. The molecule has 5 heteroatoms. The van der Waals surface area contributed by atoms with Crippen LogP contribution in [0.3, 0.4) is 0 Å². The third-order valence-corrected chi connectivity index (χ3v) is 4.20. The van der Waals surface area contributed by atoms with Crippen molar-refractivity contribution in [2.75, 3.05) is 13.1 Å². The summed E-state index contributed by atoms with van der Waals surface area (Å²) in [4.78, 5) is 30.2. The number of benzene rings is 1. The van der Waals surface area contributed by atoms with Crippen molar-refractivity contribution in [3.63, 3.8) is 0 Å². The zero-order chi connectivity index (χ0) is 17.5. The van der Waals surface area contributed by atoms with Crippen LogP contribution in [0.15, 0.2) is 60.9 Å². The maximum atomic E-state index is 12.2. The first-order valence-corrected chi connectivity index (χ1v) is 8.36. The third-order valence-electron chi connectivity index (χ3n) is 4.20. The number of rotatable bonds is 4. The second-order valence-corrected chi connectivity index (χ2v) is 5.95. The lowest BCUT2D eigenvalue weighted by molar-refractivity contribution is -0.142. The molecule has 5 nitrogen and oxygen atoms in total. The van der Waals surface area contributed by atoms with Gasteiger partial charge in [0.2, 0.25) is 5.91 Å². The maximum Gasteiger partial charge on any atom is 0.314 e. The summed E-state index contributed by atoms with van der Waals surface area (Å²) in [5, 5.41) is 0. The van der Waals surface area contributed by atoms with Gasteiger partial charge in [-0.25, -0.2) is 0 Å². The van der Waals surface area contributed by atoms with Gasteiger partial charge in [0, 0.05) is 31.6 Å². The number of likely N-dealkylation sites (tertiary alicyclic amines) is 1. The van der Waals surface area contributed by atoms with Crippen LogP contribution in [0.1, 0.15) is 18.4 Å². The van der Waals surface area contributed by atoms with Crippen LogP contribution in [0.25, 0.3) is 6.08 Å². The molecule has 1 saturated heterocycles. The van der Waals surface area contributed by atoms with E-state index in [1.165, 1.54) is 0 Å². The van der Waals surface area contributed by atoms with Crippen molar-refractivity contribution in [1.82, 2.24) is 9.88 Å². The predicted octanol–water partition coefficient (Wildman–Crippen LogP) is 2.94. The topological polar surface area (TPSA) is 59.5 Å². The third kappa shape index (κ3) is 4.76. The monoisotopic (exact) mass is 336 g/mol. The number of amides is 1. The summed E-state index contributed by atoms with van der Waals surface area (Å²) in [5.74, 6) is 0.139. The van der Waals surface area contributed by atoms with Crippen molar-refractivity contribution in [3.05, 3.63) is 66.5 Å². The molecule has 0 unspecified atom stereocenters. The van der Waals surface area contributed by atoms with Gasteiger partial charge >= 0.3 is 5.97 Å². The summed E-state index contributed by atoms with van der Waals surface area (Å²) in [5.41, 5.74) is 0.886. The zero-order valence-corrected chi connectivity index (χ0v) is 13.9. The minimum absolute atomic E-state index is 0.0428. The molecule has 1 amide bonds. The Morgan fingerprint density at radius 1 is 1.08 bits per heavy atom. The number of para-hydroxylation sites is 1. The summed E-state index contributed by atoms with van der Waals surface area (Å²) in [6.07, 6.45) is 7.95. The fourth-order valence-electron chi connectivity index (χ4n) is 2.77. The van der Waals surface area contributed by atoms with Crippen molar-refractivity contribution >= 4 is 18.0 Å². The lowest BCUT2D eigenvalue weighted by Gasteiger charge is -2.30. The Morgan fingerprint density at radius 2 is 1.84 bits per heavy atom. The van der Waals surface area contributed by atoms with E-state index in [-0.39, 0.29) is 17.8 Å². The summed E-state index contributed by atoms with van der Waals surface area (Å²) in [6, 6.07) is 12.8. The first-order valence-electron chi connectivity index (χ1n) is 8.36. The van der Waals surface area contributed by atoms with Crippen LogP contribution in [0, 0.1) is 5.92 Å². The van der Waals surface area contributed by atoms with Gasteiger partial charge in [0.15, 0.2) is 0 Å². The van der Waals surface area contributed by atoms with Gasteiger partial charge in [0.1, 0.15) is 5.75 Å². The van der Waals surface area contributed by atoms with Crippen molar-refractivity contribution < 1.29 is 14.3 Å². The molecule has 128 valence electrons. The van der Waals surface area contributed by atoms with Crippen molar-refractivity contribution in [3.8, 4) is 5.75 Å². The molecule has 0 aliphatic carbocycles. The molecule has 2 heterocycles. The molecule has 1 aromatic heterocycles. The van der Waals surface area contributed by atoms with Crippen molar-refractivity contribution in [1.29, 1.82) is 0 Å². The Labute approximate surface area is 146 Å². The highest BCUT2D eigenvalue weighted by atomic mass is 16.5. The summed E-state index contributed by atoms with van der Waals surface area (Å²) in [6.45, 7) is 1.12. The Balaban J connectivity index is 1.49. The average molecular weight is 336 g/mol. The van der Waals surface area contributed by atoms with Crippen LogP contribution in [0.5, 0.6) is 5.75 Å². The number of hydrogen-bond acceptors (Lipinski definition) is 4. The van der Waals surface area contributed by atoms with Gasteiger partial charge in [-0.05, 0) is 42.7 Å². The molecule has 2 aromatic rings. The van der Waals surface area contributed by atoms with E-state index < -0.39 is 0 Å². The predicted molar refractivity (Wildman–Crippen MR) is 94.7 cm³/mol. The number of aromatic nitrogens is 1. The van der Waals surface area contributed by atoms with E-state index in [2.05, 4.69) is 4.98 Å². The fraction of sp³-hybridized carbons (Fsp3) is 0.250. The number of carbonyl (C=O) groups is 2. The van der Waals surface area contributed by atoms with E-state index in [9.17, 15) is 9.59 Å². The van der Waals surface area contributed by atoms with E-state index in [0.29, 0.717) is 31.7 Å².